The third kappa shape index (κ3) is 4.19. The molecule has 1 heterocycles. The molecule has 0 saturated carbocycles. The van der Waals surface area contributed by atoms with Crippen molar-refractivity contribution in [3.63, 3.8) is 0 Å². The second kappa shape index (κ2) is 7.85. The van der Waals surface area contributed by atoms with E-state index in [-0.39, 0.29) is 5.56 Å². The largest absolute Gasteiger partial charge is 0.493 e. The van der Waals surface area contributed by atoms with Crippen LogP contribution in [0.4, 0.5) is 5.00 Å². The van der Waals surface area contributed by atoms with Gasteiger partial charge in [0, 0.05) is 11.0 Å². The molecule has 0 unspecified atom stereocenters. The first kappa shape index (κ1) is 18.5. The van der Waals surface area contributed by atoms with Crippen LogP contribution >= 0.6 is 11.3 Å². The molecule has 2 aromatic rings. The van der Waals surface area contributed by atoms with Crippen LogP contribution in [0.3, 0.4) is 0 Å². The van der Waals surface area contributed by atoms with Gasteiger partial charge in [-0.1, -0.05) is 6.07 Å². The number of ether oxygens (including phenoxy) is 2. The van der Waals surface area contributed by atoms with Crippen LogP contribution in [0.5, 0.6) is 11.5 Å². The lowest BCUT2D eigenvalue weighted by atomic mass is 10.1. The SMILES string of the molecule is COc1ccc(/C=C/C(=O)Nc2sc(C)c(C)c2C(=O)O)cc1OC. The third-order valence-corrected chi connectivity index (χ3v) is 4.79. The van der Waals surface area contributed by atoms with Crippen LogP contribution in [0.15, 0.2) is 24.3 Å². The van der Waals surface area contributed by atoms with Crippen LogP contribution in [0.2, 0.25) is 0 Å². The summed E-state index contributed by atoms with van der Waals surface area (Å²) in [6, 6.07) is 5.27. The Labute approximate surface area is 149 Å². The Bertz CT molecular complexity index is 838. The van der Waals surface area contributed by atoms with E-state index in [1.165, 1.54) is 24.5 Å². The van der Waals surface area contributed by atoms with Crippen LogP contribution in [0.25, 0.3) is 6.08 Å². The maximum Gasteiger partial charge on any atom is 0.338 e. The molecule has 6 nitrogen and oxygen atoms in total. The number of hydrogen-bond donors (Lipinski definition) is 2. The minimum atomic E-state index is -1.05. The standard InChI is InChI=1S/C18H19NO5S/c1-10-11(2)25-17(16(10)18(21)22)19-15(20)8-6-12-5-7-13(23-3)14(9-12)24-4/h5-9H,1-4H3,(H,19,20)(H,21,22)/b8-6+. The van der Waals surface area contributed by atoms with Crippen molar-refractivity contribution in [3.05, 3.63) is 45.8 Å². The van der Waals surface area contributed by atoms with Crippen molar-refractivity contribution in [2.45, 2.75) is 13.8 Å². The summed E-state index contributed by atoms with van der Waals surface area (Å²) in [6.07, 6.45) is 2.96. The summed E-state index contributed by atoms with van der Waals surface area (Å²) >= 11 is 1.25. The molecule has 132 valence electrons. The van der Waals surface area contributed by atoms with Gasteiger partial charge in [-0.3, -0.25) is 4.79 Å². The van der Waals surface area contributed by atoms with Gasteiger partial charge < -0.3 is 19.9 Å². The molecule has 2 rings (SSSR count). The number of carbonyl (C=O) groups is 2. The Hall–Kier alpha value is -2.80. The molecule has 0 spiro atoms. The summed E-state index contributed by atoms with van der Waals surface area (Å²) in [6.45, 7) is 3.55. The number of aryl methyl sites for hydroxylation is 1. The highest BCUT2D eigenvalue weighted by Gasteiger charge is 2.19. The van der Waals surface area contributed by atoms with Gasteiger partial charge in [-0.2, -0.15) is 0 Å². The molecule has 1 aromatic carbocycles. The van der Waals surface area contributed by atoms with Gasteiger partial charge >= 0.3 is 5.97 Å². The highest BCUT2D eigenvalue weighted by molar-refractivity contribution is 7.16. The summed E-state index contributed by atoms with van der Waals surface area (Å²) in [4.78, 5) is 24.3. The number of benzene rings is 1. The second-order valence-corrected chi connectivity index (χ2v) is 6.45. The monoisotopic (exact) mass is 361 g/mol. The van der Waals surface area contributed by atoms with E-state index < -0.39 is 11.9 Å². The lowest BCUT2D eigenvalue weighted by Crippen LogP contribution is -2.10. The third-order valence-electron chi connectivity index (χ3n) is 3.67. The average Bonchev–Trinajstić information content (AvgIpc) is 2.86. The van der Waals surface area contributed by atoms with Gasteiger partial charge in [0.2, 0.25) is 5.91 Å². The maximum atomic E-state index is 12.1. The first-order valence-electron chi connectivity index (χ1n) is 7.41. The molecule has 7 heteroatoms. The van der Waals surface area contributed by atoms with Crippen LogP contribution in [-0.4, -0.2) is 31.2 Å². The lowest BCUT2D eigenvalue weighted by molar-refractivity contribution is -0.111. The number of methoxy groups -OCH3 is 2. The van der Waals surface area contributed by atoms with Gasteiger partial charge in [0.1, 0.15) is 5.00 Å². The number of hydrogen-bond acceptors (Lipinski definition) is 5. The molecular formula is C18H19NO5S. The fraction of sp³-hybridized carbons (Fsp3) is 0.222. The maximum absolute atomic E-state index is 12.1. The van der Waals surface area contributed by atoms with E-state index in [4.69, 9.17) is 9.47 Å². The number of thiophene rings is 1. The highest BCUT2D eigenvalue weighted by atomic mass is 32.1. The van der Waals surface area contributed by atoms with E-state index in [1.54, 1.807) is 38.3 Å². The Morgan fingerprint density at radius 3 is 2.44 bits per heavy atom. The zero-order valence-electron chi connectivity index (χ0n) is 14.4. The predicted octanol–water partition coefficient (Wildman–Crippen LogP) is 3.73. The molecular weight excluding hydrogens is 342 g/mol. The minimum Gasteiger partial charge on any atom is -0.493 e. The Morgan fingerprint density at radius 1 is 1.16 bits per heavy atom. The number of rotatable bonds is 6. The minimum absolute atomic E-state index is 0.135. The van der Waals surface area contributed by atoms with E-state index in [1.807, 2.05) is 6.92 Å². The van der Waals surface area contributed by atoms with E-state index in [0.717, 1.165) is 10.4 Å². The number of carboxylic acid groups (broad SMARTS) is 1. The first-order valence-corrected chi connectivity index (χ1v) is 8.23. The zero-order valence-corrected chi connectivity index (χ0v) is 15.2. The van der Waals surface area contributed by atoms with E-state index in [0.29, 0.717) is 22.1 Å². The van der Waals surface area contributed by atoms with Gasteiger partial charge in [0.25, 0.3) is 0 Å². The number of carboxylic acids is 1. The van der Waals surface area contributed by atoms with Crippen LogP contribution < -0.4 is 14.8 Å². The van der Waals surface area contributed by atoms with Crippen molar-refractivity contribution in [2.75, 3.05) is 19.5 Å². The lowest BCUT2D eigenvalue weighted by Gasteiger charge is -2.07. The summed E-state index contributed by atoms with van der Waals surface area (Å²) < 4.78 is 10.4. The van der Waals surface area contributed by atoms with Gasteiger partial charge in [-0.15, -0.1) is 11.3 Å². The Balaban J connectivity index is 2.17. The summed E-state index contributed by atoms with van der Waals surface area (Å²) in [5, 5.41) is 12.3. The van der Waals surface area contributed by atoms with E-state index in [2.05, 4.69) is 5.32 Å². The average molecular weight is 361 g/mol. The topological polar surface area (TPSA) is 84.9 Å². The molecule has 0 aliphatic carbocycles. The fourth-order valence-electron chi connectivity index (χ4n) is 2.25. The number of aromatic carboxylic acids is 1. The van der Waals surface area contributed by atoms with Crippen LogP contribution in [0.1, 0.15) is 26.4 Å². The highest BCUT2D eigenvalue weighted by Crippen LogP contribution is 2.32. The molecule has 0 fully saturated rings. The fourth-order valence-corrected chi connectivity index (χ4v) is 3.31. The molecule has 0 saturated heterocycles. The summed E-state index contributed by atoms with van der Waals surface area (Å²) in [5.74, 6) is -0.304. The van der Waals surface area contributed by atoms with E-state index >= 15 is 0 Å². The second-order valence-electron chi connectivity index (χ2n) is 5.23. The molecule has 0 bridgehead atoms. The number of carbonyl (C=O) groups excluding carboxylic acids is 1. The van der Waals surface area contributed by atoms with Gasteiger partial charge in [-0.25, -0.2) is 4.79 Å². The smallest absolute Gasteiger partial charge is 0.338 e. The normalized spacial score (nSPS) is 10.7. The molecule has 0 aliphatic rings. The van der Waals surface area contributed by atoms with Gasteiger partial charge in [0.15, 0.2) is 11.5 Å². The molecule has 0 atom stereocenters. The van der Waals surface area contributed by atoms with Gasteiger partial charge in [-0.05, 0) is 43.2 Å². The van der Waals surface area contributed by atoms with Crippen molar-refractivity contribution in [3.8, 4) is 11.5 Å². The molecule has 0 aliphatic heterocycles. The van der Waals surface area contributed by atoms with Crippen LogP contribution in [-0.2, 0) is 4.79 Å². The van der Waals surface area contributed by atoms with Crippen molar-refractivity contribution >= 4 is 34.3 Å². The van der Waals surface area contributed by atoms with Crippen molar-refractivity contribution < 1.29 is 24.2 Å². The number of nitrogens with one attached hydrogen (secondary N) is 1. The van der Waals surface area contributed by atoms with Crippen molar-refractivity contribution in [2.24, 2.45) is 0 Å². The summed E-state index contributed by atoms with van der Waals surface area (Å²) in [5.41, 5.74) is 1.55. The van der Waals surface area contributed by atoms with Crippen molar-refractivity contribution in [1.29, 1.82) is 0 Å². The van der Waals surface area contributed by atoms with Crippen LogP contribution in [0, 0.1) is 13.8 Å². The molecule has 0 radical (unpaired) electrons. The zero-order chi connectivity index (χ0) is 18.6. The number of anilines is 1. The predicted molar refractivity (Wildman–Crippen MR) is 98.0 cm³/mol. The van der Waals surface area contributed by atoms with Gasteiger partial charge in [0.05, 0.1) is 19.8 Å². The summed E-state index contributed by atoms with van der Waals surface area (Å²) in [7, 11) is 3.08. The quantitative estimate of drug-likeness (QED) is 0.766. The Kier molecular flexibility index (Phi) is 5.82. The molecule has 2 N–H and O–H groups in total. The molecule has 25 heavy (non-hydrogen) atoms. The van der Waals surface area contributed by atoms with Crippen molar-refractivity contribution in [1.82, 2.24) is 0 Å². The molecule has 1 amide bonds. The Morgan fingerprint density at radius 2 is 1.84 bits per heavy atom. The number of amides is 1. The first-order chi connectivity index (χ1) is 11.9. The van der Waals surface area contributed by atoms with E-state index in [9.17, 15) is 14.7 Å². The molecule has 1 aromatic heterocycles.